The number of benzene rings is 1. The summed E-state index contributed by atoms with van der Waals surface area (Å²) in [6.07, 6.45) is 5.84. The summed E-state index contributed by atoms with van der Waals surface area (Å²) in [5, 5.41) is 3.13. The van der Waals surface area contributed by atoms with Crippen LogP contribution in [0.4, 0.5) is 4.79 Å². The number of nitrogens with zero attached hydrogens (tertiary/aromatic N) is 1. The topological polar surface area (TPSA) is 32.3 Å². The van der Waals surface area contributed by atoms with Gasteiger partial charge in [-0.05, 0) is 43.2 Å². The van der Waals surface area contributed by atoms with Gasteiger partial charge in [-0.15, -0.1) is 0 Å². The molecule has 1 fully saturated rings. The quantitative estimate of drug-likeness (QED) is 0.870. The molecule has 2 rings (SSSR count). The van der Waals surface area contributed by atoms with E-state index in [2.05, 4.69) is 50.4 Å². The second kappa shape index (κ2) is 7.66. The van der Waals surface area contributed by atoms with Crippen molar-refractivity contribution < 1.29 is 4.79 Å². The van der Waals surface area contributed by atoms with Crippen molar-refractivity contribution in [3.8, 4) is 0 Å². The van der Waals surface area contributed by atoms with Crippen LogP contribution in [0.15, 0.2) is 24.3 Å². The van der Waals surface area contributed by atoms with Crippen LogP contribution in [-0.2, 0) is 6.42 Å². The van der Waals surface area contributed by atoms with E-state index in [-0.39, 0.29) is 12.1 Å². The summed E-state index contributed by atoms with van der Waals surface area (Å²) in [5.74, 6) is 0.730. The van der Waals surface area contributed by atoms with E-state index in [9.17, 15) is 4.79 Å². The summed E-state index contributed by atoms with van der Waals surface area (Å²) in [6.45, 7) is 6.49. The lowest BCUT2D eigenvalue weighted by Crippen LogP contribution is -2.45. The molecule has 122 valence electrons. The van der Waals surface area contributed by atoms with E-state index in [1.807, 2.05) is 11.9 Å². The molecule has 0 aliphatic heterocycles. The van der Waals surface area contributed by atoms with Gasteiger partial charge in [-0.3, -0.25) is 0 Å². The van der Waals surface area contributed by atoms with E-state index in [0.29, 0.717) is 6.04 Å². The fourth-order valence-electron chi connectivity index (χ4n) is 3.33. The highest BCUT2D eigenvalue weighted by Crippen LogP contribution is 2.27. The zero-order chi connectivity index (χ0) is 16.1. The Bertz CT molecular complexity index is 483. The van der Waals surface area contributed by atoms with Gasteiger partial charge in [0, 0.05) is 13.1 Å². The van der Waals surface area contributed by atoms with E-state index in [0.717, 1.165) is 30.7 Å². The third-order valence-electron chi connectivity index (χ3n) is 5.00. The van der Waals surface area contributed by atoms with Gasteiger partial charge in [0.15, 0.2) is 0 Å². The summed E-state index contributed by atoms with van der Waals surface area (Å²) in [6, 6.07) is 9.00. The van der Waals surface area contributed by atoms with Crippen molar-refractivity contribution in [3.63, 3.8) is 0 Å². The van der Waals surface area contributed by atoms with Crippen molar-refractivity contribution in [1.29, 1.82) is 0 Å². The van der Waals surface area contributed by atoms with Crippen molar-refractivity contribution in [2.75, 3.05) is 7.05 Å². The van der Waals surface area contributed by atoms with Gasteiger partial charge in [0.05, 0.1) is 6.04 Å². The van der Waals surface area contributed by atoms with Crippen LogP contribution in [0, 0.1) is 5.92 Å². The van der Waals surface area contributed by atoms with Crippen LogP contribution >= 0.6 is 0 Å². The molecule has 0 heterocycles. The largest absolute Gasteiger partial charge is 0.331 e. The number of hydrogen-bond donors (Lipinski definition) is 1. The molecule has 1 aromatic carbocycles. The molecule has 1 aliphatic rings. The molecule has 3 atom stereocenters. The first-order chi connectivity index (χ1) is 10.5. The van der Waals surface area contributed by atoms with E-state index < -0.39 is 0 Å². The highest BCUT2D eigenvalue weighted by molar-refractivity contribution is 5.74. The smallest absolute Gasteiger partial charge is 0.317 e. The Morgan fingerprint density at radius 1 is 1.32 bits per heavy atom. The molecule has 1 saturated carbocycles. The predicted molar refractivity (Wildman–Crippen MR) is 91.9 cm³/mol. The van der Waals surface area contributed by atoms with E-state index in [1.54, 1.807) is 0 Å². The Hall–Kier alpha value is -1.51. The van der Waals surface area contributed by atoms with Gasteiger partial charge in [-0.25, -0.2) is 4.79 Å². The van der Waals surface area contributed by atoms with E-state index >= 15 is 0 Å². The lowest BCUT2D eigenvalue weighted by molar-refractivity contribution is 0.158. The normalized spacial score (nSPS) is 22.9. The van der Waals surface area contributed by atoms with Crippen molar-refractivity contribution in [1.82, 2.24) is 10.2 Å². The van der Waals surface area contributed by atoms with Crippen LogP contribution in [0.3, 0.4) is 0 Å². The van der Waals surface area contributed by atoms with Crippen LogP contribution in [0.2, 0.25) is 0 Å². The van der Waals surface area contributed by atoms with Crippen LogP contribution in [0.25, 0.3) is 0 Å². The van der Waals surface area contributed by atoms with Crippen LogP contribution in [0.5, 0.6) is 0 Å². The SMILES string of the molecule is CCc1ccc(C(C)NC(=O)N(C)C2CCCC(C)C2)cc1. The minimum absolute atomic E-state index is 0.0434. The van der Waals surface area contributed by atoms with Crippen molar-refractivity contribution in [2.24, 2.45) is 5.92 Å². The molecule has 1 aliphatic carbocycles. The Morgan fingerprint density at radius 2 is 2.00 bits per heavy atom. The summed E-state index contributed by atoms with van der Waals surface area (Å²) in [7, 11) is 1.94. The molecule has 0 aromatic heterocycles. The molecule has 1 N–H and O–H groups in total. The monoisotopic (exact) mass is 302 g/mol. The molecular weight excluding hydrogens is 272 g/mol. The number of carbonyl (C=O) groups is 1. The first kappa shape index (κ1) is 16.9. The van der Waals surface area contributed by atoms with Gasteiger partial charge in [-0.1, -0.05) is 51.0 Å². The Balaban J connectivity index is 1.91. The minimum atomic E-state index is 0.0434. The second-order valence-corrected chi connectivity index (χ2v) is 6.80. The average molecular weight is 302 g/mol. The lowest BCUT2D eigenvalue weighted by Gasteiger charge is -2.34. The molecule has 1 aromatic rings. The lowest BCUT2D eigenvalue weighted by atomic mass is 9.86. The number of nitrogens with one attached hydrogen (secondary N) is 1. The van der Waals surface area contributed by atoms with Crippen molar-refractivity contribution in [3.05, 3.63) is 35.4 Å². The zero-order valence-electron chi connectivity index (χ0n) is 14.4. The number of urea groups is 1. The maximum absolute atomic E-state index is 12.5. The molecule has 0 radical (unpaired) electrons. The maximum atomic E-state index is 12.5. The average Bonchev–Trinajstić information content (AvgIpc) is 2.54. The third kappa shape index (κ3) is 4.25. The highest BCUT2D eigenvalue weighted by atomic mass is 16.2. The number of hydrogen-bond acceptors (Lipinski definition) is 1. The zero-order valence-corrected chi connectivity index (χ0v) is 14.4. The second-order valence-electron chi connectivity index (χ2n) is 6.80. The summed E-state index contributed by atoms with van der Waals surface area (Å²) in [4.78, 5) is 14.4. The summed E-state index contributed by atoms with van der Waals surface area (Å²) < 4.78 is 0. The molecule has 3 nitrogen and oxygen atoms in total. The van der Waals surface area contributed by atoms with Gasteiger partial charge < -0.3 is 10.2 Å². The molecular formula is C19H30N2O. The number of amides is 2. The first-order valence-corrected chi connectivity index (χ1v) is 8.63. The number of carbonyl (C=O) groups excluding carboxylic acids is 1. The number of aryl methyl sites for hydroxylation is 1. The fourth-order valence-corrected chi connectivity index (χ4v) is 3.33. The van der Waals surface area contributed by atoms with Crippen molar-refractivity contribution >= 4 is 6.03 Å². The molecule has 3 unspecified atom stereocenters. The van der Waals surface area contributed by atoms with Gasteiger partial charge in [0.25, 0.3) is 0 Å². The van der Waals surface area contributed by atoms with Crippen molar-refractivity contribution in [2.45, 2.75) is 65.0 Å². The first-order valence-electron chi connectivity index (χ1n) is 8.63. The molecule has 3 heteroatoms. The Morgan fingerprint density at radius 3 is 2.59 bits per heavy atom. The highest BCUT2D eigenvalue weighted by Gasteiger charge is 2.26. The minimum Gasteiger partial charge on any atom is -0.331 e. The Kier molecular flexibility index (Phi) is 5.87. The molecule has 22 heavy (non-hydrogen) atoms. The molecule has 0 saturated heterocycles. The van der Waals surface area contributed by atoms with Crippen LogP contribution in [0.1, 0.15) is 63.6 Å². The molecule has 0 bridgehead atoms. The summed E-state index contributed by atoms with van der Waals surface area (Å²) in [5.41, 5.74) is 2.49. The van der Waals surface area contributed by atoms with Gasteiger partial charge in [0.1, 0.15) is 0 Å². The van der Waals surface area contributed by atoms with E-state index in [1.165, 1.54) is 18.4 Å². The maximum Gasteiger partial charge on any atom is 0.317 e. The van der Waals surface area contributed by atoms with Gasteiger partial charge >= 0.3 is 6.03 Å². The van der Waals surface area contributed by atoms with Crippen LogP contribution in [-0.4, -0.2) is 24.0 Å². The fraction of sp³-hybridized carbons (Fsp3) is 0.632. The summed E-state index contributed by atoms with van der Waals surface area (Å²) >= 11 is 0. The number of rotatable bonds is 4. The van der Waals surface area contributed by atoms with E-state index in [4.69, 9.17) is 0 Å². The molecule has 2 amide bonds. The third-order valence-corrected chi connectivity index (χ3v) is 5.00. The standard InChI is InChI=1S/C19H30N2O/c1-5-16-9-11-17(12-10-16)15(3)20-19(22)21(4)18-8-6-7-14(2)13-18/h9-12,14-15,18H,5-8,13H2,1-4H3,(H,20,22). The predicted octanol–water partition coefficient (Wildman–Crippen LogP) is 4.53. The van der Waals surface area contributed by atoms with Gasteiger partial charge in [0.2, 0.25) is 0 Å². The van der Waals surface area contributed by atoms with Crippen LogP contribution < -0.4 is 5.32 Å². The Labute approximate surface area is 135 Å². The van der Waals surface area contributed by atoms with Gasteiger partial charge in [-0.2, -0.15) is 0 Å². The molecule has 0 spiro atoms.